The Hall–Kier alpha value is -2.42. The van der Waals surface area contributed by atoms with Crippen LogP contribution in [0.5, 0.6) is 5.75 Å². The molecule has 0 fully saturated rings. The fraction of sp³-hybridized carbons (Fsp3) is 0.250. The van der Waals surface area contributed by atoms with E-state index < -0.39 is 13.0 Å². The lowest BCUT2D eigenvalue weighted by atomic mass is 10.2. The maximum absolute atomic E-state index is 11.9. The number of benzene rings is 1. The minimum atomic E-state index is -4.73. The normalized spacial score (nSPS) is 12.8. The number of alkyl halides is 3. The van der Waals surface area contributed by atoms with Gasteiger partial charge < -0.3 is 20.1 Å². The minimum Gasteiger partial charge on any atom is -0.486 e. The molecule has 0 atom stereocenters. The van der Waals surface area contributed by atoms with Gasteiger partial charge in [0.15, 0.2) is 5.75 Å². The first kappa shape index (κ1) is 15.0. The molecule has 1 heterocycles. The summed E-state index contributed by atoms with van der Waals surface area (Å²) in [6.07, 6.45) is -4.73. The third-order valence-corrected chi connectivity index (χ3v) is 2.49. The summed E-state index contributed by atoms with van der Waals surface area (Å²) < 4.78 is 49.8. The lowest BCUT2D eigenvalue weighted by molar-refractivity contribution is -0.325. The third-order valence-electron chi connectivity index (χ3n) is 2.49. The van der Waals surface area contributed by atoms with Crippen LogP contribution in [0.4, 0.5) is 13.2 Å². The highest BCUT2D eigenvalue weighted by Crippen LogP contribution is 2.33. The van der Waals surface area contributed by atoms with Crippen molar-refractivity contribution < 1.29 is 32.3 Å². The topological polar surface area (TPSA) is 90.2 Å². The van der Waals surface area contributed by atoms with Gasteiger partial charge in [-0.2, -0.15) is 0 Å². The summed E-state index contributed by atoms with van der Waals surface area (Å²) in [5, 5.41) is 12.0. The lowest BCUT2D eigenvalue weighted by Crippen LogP contribution is -2.19. The van der Waals surface area contributed by atoms with Gasteiger partial charge in [-0.3, -0.25) is 4.74 Å². The molecular weight excluding hydrogens is 293 g/mol. The van der Waals surface area contributed by atoms with E-state index in [1.807, 2.05) is 0 Å². The molecular formula is C12H11F3N2O4. The van der Waals surface area contributed by atoms with E-state index in [1.54, 1.807) is 24.3 Å². The van der Waals surface area contributed by atoms with Crippen LogP contribution >= 0.6 is 0 Å². The van der Waals surface area contributed by atoms with E-state index >= 15 is 0 Å². The number of nitrogens with two attached hydrogens (primary N) is 1. The van der Waals surface area contributed by atoms with Crippen LogP contribution < -0.4 is 10.5 Å². The summed E-state index contributed by atoms with van der Waals surface area (Å²) in [6.45, 7) is -1.08. The monoisotopic (exact) mass is 304 g/mol. The Morgan fingerprint density at radius 2 is 2.00 bits per heavy atom. The van der Waals surface area contributed by atoms with Crippen molar-refractivity contribution in [3.63, 3.8) is 0 Å². The number of furan rings is 1. The Balaban J connectivity index is 2.20. The van der Waals surface area contributed by atoms with Crippen LogP contribution in [0, 0.1) is 0 Å². The first-order chi connectivity index (χ1) is 9.92. The minimum absolute atomic E-state index is 0.0642. The van der Waals surface area contributed by atoms with E-state index in [-0.39, 0.29) is 24.0 Å². The largest absolute Gasteiger partial charge is 0.522 e. The Morgan fingerprint density at radius 1 is 1.29 bits per heavy atom. The highest BCUT2D eigenvalue weighted by Gasteiger charge is 2.29. The van der Waals surface area contributed by atoms with Gasteiger partial charge in [0.25, 0.3) is 0 Å². The Kier molecular flexibility index (Phi) is 4.22. The quantitative estimate of drug-likeness (QED) is 0.291. The first-order valence-corrected chi connectivity index (χ1v) is 5.75. The molecule has 3 N–H and O–H groups in total. The van der Waals surface area contributed by atoms with E-state index in [9.17, 15) is 13.2 Å². The Labute approximate surface area is 116 Å². The maximum Gasteiger partial charge on any atom is 0.522 e. The highest BCUT2D eigenvalue weighted by molar-refractivity contribution is 6.03. The third kappa shape index (κ3) is 3.57. The van der Waals surface area contributed by atoms with E-state index in [1.165, 1.54) is 0 Å². The summed E-state index contributed by atoms with van der Waals surface area (Å²) in [5.41, 5.74) is 5.84. The number of halogens is 3. The van der Waals surface area contributed by atoms with Gasteiger partial charge in [0.05, 0.1) is 12.0 Å². The number of hydrogen-bond donors (Lipinski definition) is 2. The molecule has 114 valence electrons. The molecule has 21 heavy (non-hydrogen) atoms. The number of amidine groups is 1. The van der Waals surface area contributed by atoms with Crippen molar-refractivity contribution in [2.75, 3.05) is 13.2 Å². The molecule has 0 unspecified atom stereocenters. The fourth-order valence-electron chi connectivity index (χ4n) is 1.68. The Morgan fingerprint density at radius 3 is 2.67 bits per heavy atom. The molecule has 1 aromatic heterocycles. The van der Waals surface area contributed by atoms with E-state index in [0.29, 0.717) is 11.0 Å². The van der Waals surface area contributed by atoms with Gasteiger partial charge in [0.2, 0.25) is 11.6 Å². The molecule has 0 spiro atoms. The number of oxime groups is 1. The van der Waals surface area contributed by atoms with Gasteiger partial charge in [-0.1, -0.05) is 17.3 Å². The van der Waals surface area contributed by atoms with Crippen molar-refractivity contribution in [3.05, 3.63) is 30.0 Å². The van der Waals surface area contributed by atoms with Crippen LogP contribution in [0.1, 0.15) is 5.76 Å². The fourth-order valence-corrected chi connectivity index (χ4v) is 1.68. The SMILES string of the molecule is N/C(=N/O)c1oc2ccccc2c1OCCOC(F)(F)F. The van der Waals surface area contributed by atoms with E-state index in [2.05, 4.69) is 9.89 Å². The second-order valence-corrected chi connectivity index (χ2v) is 3.88. The molecule has 2 rings (SSSR count). The summed E-state index contributed by atoms with van der Waals surface area (Å²) in [5.74, 6) is -0.324. The average Bonchev–Trinajstić information content (AvgIpc) is 2.80. The zero-order valence-corrected chi connectivity index (χ0v) is 10.6. The lowest BCUT2D eigenvalue weighted by Gasteiger charge is -2.09. The van der Waals surface area contributed by atoms with E-state index in [0.717, 1.165) is 0 Å². The van der Waals surface area contributed by atoms with Crippen LogP contribution in [0.2, 0.25) is 0 Å². The molecule has 1 aromatic carbocycles. The van der Waals surface area contributed by atoms with Crippen molar-refractivity contribution in [2.24, 2.45) is 10.9 Å². The van der Waals surface area contributed by atoms with Gasteiger partial charge in [-0.25, -0.2) is 0 Å². The van der Waals surface area contributed by atoms with Gasteiger partial charge >= 0.3 is 6.36 Å². The van der Waals surface area contributed by atoms with Gasteiger partial charge in [-0.15, -0.1) is 13.2 Å². The molecule has 9 heteroatoms. The van der Waals surface area contributed by atoms with Gasteiger partial charge in [0, 0.05) is 0 Å². The second-order valence-electron chi connectivity index (χ2n) is 3.88. The molecule has 0 saturated heterocycles. The number of ether oxygens (including phenoxy) is 2. The van der Waals surface area contributed by atoms with Crippen LogP contribution in [0.3, 0.4) is 0 Å². The summed E-state index contributed by atoms with van der Waals surface area (Å²) in [6, 6.07) is 6.63. The molecule has 0 aliphatic carbocycles. The van der Waals surface area contributed by atoms with Crippen molar-refractivity contribution in [1.29, 1.82) is 0 Å². The van der Waals surface area contributed by atoms with Crippen LogP contribution in [0.25, 0.3) is 11.0 Å². The molecule has 0 aliphatic heterocycles. The standard InChI is InChI=1S/C12H11F3N2O4/c13-12(14,15)20-6-5-19-9-7-3-1-2-4-8(7)21-10(9)11(16)17-18/h1-4,18H,5-6H2,(H2,16,17). The summed E-state index contributed by atoms with van der Waals surface area (Å²) >= 11 is 0. The first-order valence-electron chi connectivity index (χ1n) is 5.75. The molecule has 0 amide bonds. The van der Waals surface area contributed by atoms with Gasteiger partial charge in [0.1, 0.15) is 12.2 Å². The van der Waals surface area contributed by atoms with Gasteiger partial charge in [-0.05, 0) is 12.1 Å². The van der Waals surface area contributed by atoms with Crippen LogP contribution in [0.15, 0.2) is 33.8 Å². The average molecular weight is 304 g/mol. The summed E-state index contributed by atoms with van der Waals surface area (Å²) in [7, 11) is 0. The molecule has 0 bridgehead atoms. The number of rotatable bonds is 5. The second kappa shape index (κ2) is 5.92. The number of fused-ring (bicyclic) bond motifs is 1. The molecule has 2 aromatic rings. The smallest absolute Gasteiger partial charge is 0.486 e. The highest BCUT2D eigenvalue weighted by atomic mass is 19.4. The Bertz CT molecular complexity index is 651. The molecule has 0 saturated carbocycles. The maximum atomic E-state index is 11.9. The zero-order valence-electron chi connectivity index (χ0n) is 10.6. The van der Waals surface area contributed by atoms with Crippen LogP contribution in [-0.2, 0) is 4.74 Å². The summed E-state index contributed by atoms with van der Waals surface area (Å²) in [4.78, 5) is 0. The predicted octanol–water partition coefficient (Wildman–Crippen LogP) is 2.44. The van der Waals surface area contributed by atoms with E-state index in [4.69, 9.17) is 20.1 Å². The molecule has 0 radical (unpaired) electrons. The van der Waals surface area contributed by atoms with Crippen molar-refractivity contribution in [1.82, 2.24) is 0 Å². The van der Waals surface area contributed by atoms with Crippen LogP contribution in [-0.4, -0.2) is 30.6 Å². The van der Waals surface area contributed by atoms with Crippen molar-refractivity contribution >= 4 is 16.8 Å². The predicted molar refractivity (Wildman–Crippen MR) is 66.2 cm³/mol. The van der Waals surface area contributed by atoms with Crippen molar-refractivity contribution in [2.45, 2.75) is 6.36 Å². The number of para-hydroxylation sites is 1. The molecule has 6 nitrogen and oxygen atoms in total. The number of nitrogens with zero attached hydrogens (tertiary/aromatic N) is 1. The molecule has 0 aliphatic rings. The van der Waals surface area contributed by atoms with Crippen molar-refractivity contribution in [3.8, 4) is 5.75 Å². The number of hydrogen-bond acceptors (Lipinski definition) is 5. The zero-order chi connectivity index (χ0) is 15.5.